The van der Waals surface area contributed by atoms with Gasteiger partial charge in [-0.15, -0.1) is 22.7 Å². The molecule has 507 valence electrons. The van der Waals surface area contributed by atoms with Crippen LogP contribution in [0.2, 0.25) is 5.02 Å². The molecule has 12 nitrogen and oxygen atoms in total. The highest BCUT2D eigenvalue weighted by molar-refractivity contribution is 7.27. The van der Waals surface area contributed by atoms with Gasteiger partial charge in [0, 0.05) is 112 Å². The van der Waals surface area contributed by atoms with Gasteiger partial charge in [-0.1, -0.05) is 230 Å². The molecule has 0 amide bonds. The molecule has 20 aromatic rings. The number of hydrogen-bond acceptors (Lipinski definition) is 12. The minimum Gasteiger partial charge on any atom is -0.537 e. The number of aromatic nitrogens is 8. The number of halogens is 1. The molecule has 16 heteroatoms. The van der Waals surface area contributed by atoms with Gasteiger partial charge in [-0.2, -0.15) is 10.5 Å². The van der Waals surface area contributed by atoms with Crippen LogP contribution < -0.4 is 4.65 Å². The smallest absolute Gasteiger partial charge is 0.537 e. The number of rotatable bonds is 11. The zero-order valence-corrected chi connectivity index (χ0v) is 59.7. The van der Waals surface area contributed by atoms with E-state index in [0.717, 1.165) is 77.9 Å². The third-order valence-corrected chi connectivity index (χ3v) is 21.7. The van der Waals surface area contributed by atoms with Gasteiger partial charge in [-0.05, 0) is 120 Å². The number of thiophene rings is 2. The molecule has 6 aromatic heterocycles. The fourth-order valence-electron chi connectivity index (χ4n) is 14.2. The number of nitriles is 2. The summed E-state index contributed by atoms with van der Waals surface area (Å²) in [5.74, 6) is 4.11. The zero-order chi connectivity index (χ0) is 72.6. The molecular weight excluding hydrogens is 1390 g/mol. The fourth-order valence-corrected chi connectivity index (χ4v) is 16.9. The lowest BCUT2D eigenvalue weighted by atomic mass is 10.00. The largest absolute Gasteiger partial charge is 0.569 e. The summed E-state index contributed by atoms with van der Waals surface area (Å²) < 4.78 is 14.5. The minimum atomic E-state index is 0.506. The summed E-state index contributed by atoms with van der Waals surface area (Å²) in [5.41, 5.74) is 15.0. The topological polar surface area (TPSA) is 164 Å². The molecule has 14 aromatic carbocycles. The van der Waals surface area contributed by atoms with Crippen molar-refractivity contribution in [3.63, 3.8) is 0 Å². The van der Waals surface area contributed by atoms with Crippen molar-refractivity contribution in [1.29, 1.82) is 10.5 Å². The zero-order valence-electron chi connectivity index (χ0n) is 57.3. The van der Waals surface area contributed by atoms with Gasteiger partial charge in [0.05, 0.1) is 45.3 Å². The van der Waals surface area contributed by atoms with Gasteiger partial charge in [0.1, 0.15) is 5.75 Å². The molecule has 0 aliphatic carbocycles. The second-order valence-electron chi connectivity index (χ2n) is 25.7. The third kappa shape index (κ3) is 12.6. The Morgan fingerprint density at radius 3 is 1.08 bits per heavy atom. The average molecular weight is 1440 g/mol. The molecule has 0 aliphatic rings. The van der Waals surface area contributed by atoms with Crippen molar-refractivity contribution in [1.82, 2.24) is 39.0 Å². The normalized spacial score (nSPS) is 11.2. The van der Waals surface area contributed by atoms with Crippen LogP contribution in [0, 0.1) is 22.7 Å². The van der Waals surface area contributed by atoms with E-state index >= 15 is 0 Å². The van der Waals surface area contributed by atoms with Crippen molar-refractivity contribution in [3.05, 3.63) is 344 Å². The van der Waals surface area contributed by atoms with Gasteiger partial charge in [0.2, 0.25) is 0 Å². The van der Waals surface area contributed by atoms with Crippen molar-refractivity contribution in [2.24, 2.45) is 0 Å². The van der Waals surface area contributed by atoms with E-state index in [2.05, 4.69) is 165 Å². The van der Waals surface area contributed by atoms with E-state index in [1.807, 2.05) is 186 Å². The third-order valence-electron chi connectivity index (χ3n) is 19.1. The first-order valence-electron chi connectivity index (χ1n) is 34.8. The quantitative estimate of drug-likeness (QED) is 0.123. The monoisotopic (exact) mass is 1440 g/mol. The second-order valence-corrected chi connectivity index (χ2v) is 28.2. The molecule has 0 bridgehead atoms. The van der Waals surface area contributed by atoms with Crippen LogP contribution in [0.4, 0.5) is 0 Å². The van der Waals surface area contributed by atoms with E-state index in [1.165, 1.54) is 61.9 Å². The Hall–Kier alpha value is -13.8. The molecule has 0 fully saturated rings. The summed E-state index contributed by atoms with van der Waals surface area (Å²) >= 11 is 10.6. The van der Waals surface area contributed by atoms with Crippen LogP contribution in [0.1, 0.15) is 11.1 Å². The van der Waals surface area contributed by atoms with Crippen LogP contribution in [0.3, 0.4) is 0 Å². The molecule has 0 atom stereocenters. The summed E-state index contributed by atoms with van der Waals surface area (Å²) in [6.45, 7) is 0. The van der Waals surface area contributed by atoms with Crippen molar-refractivity contribution in [2.45, 2.75) is 0 Å². The van der Waals surface area contributed by atoms with Gasteiger partial charge in [-0.3, -0.25) is 0 Å². The molecule has 1 radical (unpaired) electrons. The number of hydrogen-bond donors (Lipinski definition) is 1. The molecule has 0 aliphatic heterocycles. The van der Waals surface area contributed by atoms with Gasteiger partial charge >= 0.3 is 7.69 Å². The van der Waals surface area contributed by atoms with Gasteiger partial charge < -0.3 is 18.8 Å². The summed E-state index contributed by atoms with van der Waals surface area (Å²) in [7, 11) is 0.599. The molecule has 0 saturated carbocycles. The van der Waals surface area contributed by atoms with Crippen LogP contribution >= 0.6 is 34.3 Å². The number of para-hydroxylation sites is 2. The molecular formula is C92H55BClN10O2S2. The number of nitrogens with zero attached hydrogens (tertiary/aromatic N) is 10. The Kier molecular flexibility index (Phi) is 17.6. The van der Waals surface area contributed by atoms with Gasteiger partial charge in [-0.25, -0.2) is 29.9 Å². The predicted octanol–water partition coefficient (Wildman–Crippen LogP) is 23.3. The first-order valence-corrected chi connectivity index (χ1v) is 36.8. The van der Waals surface area contributed by atoms with Crippen LogP contribution in [0.5, 0.6) is 5.75 Å². The van der Waals surface area contributed by atoms with Crippen LogP contribution in [-0.4, -0.2) is 51.7 Å². The number of fused-ring (bicyclic) bond motifs is 14. The van der Waals surface area contributed by atoms with E-state index in [4.69, 9.17) is 51.8 Å². The van der Waals surface area contributed by atoms with E-state index in [9.17, 15) is 5.26 Å². The lowest BCUT2D eigenvalue weighted by Crippen LogP contribution is -2.01. The lowest BCUT2D eigenvalue weighted by molar-refractivity contribution is 0.454. The van der Waals surface area contributed by atoms with E-state index in [-0.39, 0.29) is 0 Å². The summed E-state index contributed by atoms with van der Waals surface area (Å²) in [6.07, 6.45) is 0. The van der Waals surface area contributed by atoms with Crippen LogP contribution in [0.15, 0.2) is 328 Å². The maximum absolute atomic E-state index is 9.55. The SMILES string of the molecule is Clc1cc(-c2nc(-c3ccccc3)nc(-c3ccccc3)n2)cc(-n2c3ccccc3c3c4sc5ccccc5c4ccc32)c1.N#Cc1ccc(-c2cc(-c3nc(-c4ccccc4)nc(-c4ccccc4)n3)cc(-n3c4ccccc4c4c5sc6ccccc6c5ccc43)c2)cc1.N#Cc1ccc(O[B]O)cc1. The van der Waals surface area contributed by atoms with Crippen LogP contribution in [0.25, 0.3) is 175 Å². The summed E-state index contributed by atoms with van der Waals surface area (Å²) in [6, 6.07) is 115. The Morgan fingerprint density at radius 2 is 0.667 bits per heavy atom. The maximum Gasteiger partial charge on any atom is 0.569 e. The van der Waals surface area contributed by atoms with Crippen LogP contribution in [-0.2, 0) is 0 Å². The average Bonchev–Trinajstić information content (AvgIpc) is 1.57. The Labute approximate surface area is 633 Å². The molecule has 1 N–H and O–H groups in total. The van der Waals surface area contributed by atoms with Crippen molar-refractivity contribution < 1.29 is 9.68 Å². The minimum absolute atomic E-state index is 0.506. The fraction of sp³-hybridized carbons (Fsp3) is 0. The van der Waals surface area contributed by atoms with Crippen molar-refractivity contribution >= 4 is 126 Å². The first kappa shape index (κ1) is 66.2. The highest BCUT2D eigenvalue weighted by Crippen LogP contribution is 2.47. The Bertz CT molecular complexity index is 6810. The molecule has 0 saturated heterocycles. The Morgan fingerprint density at radius 1 is 0.315 bits per heavy atom. The van der Waals surface area contributed by atoms with E-state index < -0.39 is 0 Å². The number of benzene rings is 14. The highest BCUT2D eigenvalue weighted by Gasteiger charge is 2.23. The second kappa shape index (κ2) is 28.7. The highest BCUT2D eigenvalue weighted by atomic mass is 35.5. The summed E-state index contributed by atoms with van der Waals surface area (Å²) in [4.78, 5) is 29.9. The lowest BCUT2D eigenvalue weighted by Gasteiger charge is -2.14. The van der Waals surface area contributed by atoms with Gasteiger partial charge in [0.15, 0.2) is 34.9 Å². The van der Waals surface area contributed by atoms with E-state index in [1.54, 1.807) is 24.3 Å². The molecule has 108 heavy (non-hydrogen) atoms. The molecule has 0 spiro atoms. The maximum atomic E-state index is 9.55. The van der Waals surface area contributed by atoms with Crippen molar-refractivity contribution in [3.8, 4) is 109 Å². The molecule has 0 unspecified atom stereocenters. The van der Waals surface area contributed by atoms with E-state index in [0.29, 0.717) is 64.5 Å². The first-order chi connectivity index (χ1) is 53.3. The standard InChI is InChI=1S/C46H27N5S.C39H23ClN4S.C7H5BNO2/c47-28-29-19-21-30(22-20-29)33-25-34(46-49-44(31-11-3-1-4-12-31)48-45(50-46)32-13-5-2-6-14-32)27-35(26-33)51-39-17-9-7-16-38(39)42-40(51)24-23-37-36-15-8-10-18-41(36)52-43(37)42;40-27-21-26(39-42-37(24-11-3-1-4-12-24)41-38(43-39)25-13-5-2-6-14-25)22-28(23-27)44-32-17-9-7-16-31(32)35-33(44)20-19-30-29-15-8-10-18-34(29)45-36(30)35;9-5-6-1-3-7(4-2-6)11-8-10/h1-27H;1-23H;1-4,10H. The van der Waals surface area contributed by atoms with Gasteiger partial charge in [0.25, 0.3) is 0 Å². The molecule has 6 heterocycles. The Balaban J connectivity index is 0.000000134. The summed E-state index contributed by atoms with van der Waals surface area (Å²) in [5, 5.41) is 36.9. The molecule has 20 rings (SSSR count). The predicted molar refractivity (Wildman–Crippen MR) is 442 cm³/mol. The van der Waals surface area contributed by atoms with Crippen molar-refractivity contribution in [2.75, 3.05) is 0 Å².